The summed E-state index contributed by atoms with van der Waals surface area (Å²) in [5, 5.41) is 2.90. The van der Waals surface area contributed by atoms with Crippen LogP contribution in [0.15, 0.2) is 42.5 Å². The van der Waals surface area contributed by atoms with Gasteiger partial charge in [-0.2, -0.15) is 26.3 Å². The van der Waals surface area contributed by atoms with E-state index in [0.29, 0.717) is 12.1 Å². The van der Waals surface area contributed by atoms with Gasteiger partial charge in [0.25, 0.3) is 5.91 Å². The molecule has 0 spiro atoms. The highest BCUT2D eigenvalue weighted by atomic mass is 35.5. The molecule has 2 aromatic carbocycles. The van der Waals surface area contributed by atoms with Gasteiger partial charge in [-0.3, -0.25) is 4.79 Å². The normalized spacial score (nSPS) is 13.8. The van der Waals surface area contributed by atoms with Gasteiger partial charge < -0.3 is 15.4 Å². The van der Waals surface area contributed by atoms with E-state index in [0.717, 1.165) is 24.3 Å². The Bertz CT molecular complexity index is 1010. The minimum Gasteiger partial charge on any atom is -0.463 e. The van der Waals surface area contributed by atoms with Gasteiger partial charge in [0.15, 0.2) is 0 Å². The Morgan fingerprint density at radius 3 is 2.19 bits per heavy atom. The molecule has 0 aliphatic heterocycles. The van der Waals surface area contributed by atoms with E-state index in [-0.39, 0.29) is 10.0 Å². The van der Waals surface area contributed by atoms with Crippen LogP contribution in [0, 0.1) is 0 Å². The molecule has 0 saturated carbocycles. The van der Waals surface area contributed by atoms with Gasteiger partial charge in [-0.15, -0.1) is 0 Å². The molecule has 0 unspecified atom stereocenters. The molecule has 0 bridgehead atoms. The van der Waals surface area contributed by atoms with Crippen LogP contribution in [0.5, 0.6) is 0 Å². The van der Waals surface area contributed by atoms with Crippen LogP contribution in [0.3, 0.4) is 0 Å². The van der Waals surface area contributed by atoms with Crippen molar-refractivity contribution in [3.8, 4) is 0 Å². The first-order valence-electron chi connectivity index (χ1n) is 8.68. The van der Waals surface area contributed by atoms with Gasteiger partial charge in [0.2, 0.25) is 0 Å². The molecular formula is C19H14Cl2F6N2O3. The first-order valence-corrected chi connectivity index (χ1v) is 9.44. The third kappa shape index (κ3) is 5.57. The van der Waals surface area contributed by atoms with Crippen LogP contribution in [0.1, 0.15) is 22.8 Å². The average molecular weight is 503 g/mol. The number of halogens is 8. The molecular weight excluding hydrogens is 489 g/mol. The molecule has 0 fully saturated rings. The van der Waals surface area contributed by atoms with Crippen molar-refractivity contribution in [2.45, 2.75) is 24.9 Å². The smallest absolute Gasteiger partial charge is 0.441 e. The van der Waals surface area contributed by atoms with E-state index in [1.807, 2.05) is 0 Å². The van der Waals surface area contributed by atoms with Gasteiger partial charge in [-0.05, 0) is 43.3 Å². The highest BCUT2D eigenvalue weighted by Gasteiger charge is 2.63. The van der Waals surface area contributed by atoms with Crippen molar-refractivity contribution < 1.29 is 40.7 Å². The maximum atomic E-state index is 14.2. The largest absolute Gasteiger partial charge is 0.463 e. The highest BCUT2D eigenvalue weighted by molar-refractivity contribution is 6.36. The number of anilines is 1. The van der Waals surface area contributed by atoms with Crippen LogP contribution in [0.2, 0.25) is 10.0 Å². The molecule has 32 heavy (non-hydrogen) atoms. The number of carbonyl (C=O) groups is 2. The minimum absolute atomic E-state index is 0.0844. The molecule has 0 radical (unpaired) electrons. The second-order valence-corrected chi connectivity index (χ2v) is 7.09. The van der Waals surface area contributed by atoms with Crippen LogP contribution in [-0.2, 0) is 15.7 Å². The summed E-state index contributed by atoms with van der Waals surface area (Å²) in [5.41, 5.74) is -6.45. The number of esters is 1. The molecule has 0 aromatic heterocycles. The number of hydrogen-bond donors (Lipinski definition) is 2. The topological polar surface area (TPSA) is 67.4 Å². The third-order valence-corrected chi connectivity index (χ3v) is 4.55. The number of carbonyl (C=O) groups excluding carboxylic acids is 2. The summed E-state index contributed by atoms with van der Waals surface area (Å²) in [6.07, 6.45) is -10.4. The number of ether oxygens (including phenoxy) is 1. The van der Waals surface area contributed by atoms with E-state index < -0.39 is 53.3 Å². The monoisotopic (exact) mass is 502 g/mol. The second-order valence-electron chi connectivity index (χ2n) is 6.25. The predicted molar refractivity (Wildman–Crippen MR) is 104 cm³/mol. The Morgan fingerprint density at radius 1 is 1.00 bits per heavy atom. The molecule has 0 saturated heterocycles. The molecule has 2 rings (SSSR count). The molecule has 1 atom stereocenters. The number of benzene rings is 2. The van der Waals surface area contributed by atoms with Gasteiger partial charge in [0, 0.05) is 10.7 Å². The van der Waals surface area contributed by atoms with Gasteiger partial charge in [-0.1, -0.05) is 29.3 Å². The lowest BCUT2D eigenvalue weighted by Crippen LogP contribution is -2.69. The standard InChI is InChI=1S/C19H14Cl2F6N2O3/c1-2-32-16(31)17(19(25,26)27,28-12-5-3-4-10(8-12)18(22,23)24)29-15(30)13-7-6-11(20)9-14(13)21/h3-9,28H,2H2,1H3,(H,29,30)/t17-/m0/s1. The van der Waals surface area contributed by atoms with E-state index >= 15 is 0 Å². The van der Waals surface area contributed by atoms with Gasteiger partial charge in [0.05, 0.1) is 22.8 Å². The Labute approximate surface area is 187 Å². The summed E-state index contributed by atoms with van der Waals surface area (Å²) in [7, 11) is 0. The summed E-state index contributed by atoms with van der Waals surface area (Å²) in [4.78, 5) is 25.0. The maximum Gasteiger partial charge on any atom is 0.441 e. The number of rotatable bonds is 6. The number of alkyl halides is 6. The Hall–Kier alpha value is -2.66. The fourth-order valence-corrected chi connectivity index (χ4v) is 3.03. The zero-order chi connectivity index (χ0) is 24.3. The van der Waals surface area contributed by atoms with Crippen LogP contribution in [0.25, 0.3) is 0 Å². The molecule has 0 aliphatic rings. The van der Waals surface area contributed by atoms with Crippen LogP contribution < -0.4 is 10.6 Å². The quantitative estimate of drug-likeness (QED) is 0.303. The van der Waals surface area contributed by atoms with Crippen molar-refractivity contribution in [1.29, 1.82) is 0 Å². The van der Waals surface area contributed by atoms with Gasteiger partial charge in [-0.25, -0.2) is 4.79 Å². The van der Waals surface area contributed by atoms with Gasteiger partial charge in [0.1, 0.15) is 0 Å². The minimum atomic E-state index is -5.55. The SMILES string of the molecule is CCOC(=O)[C@@](NC(=O)c1ccc(Cl)cc1Cl)(Nc1cccc(C(F)(F)F)c1)C(F)(F)F. The molecule has 2 N–H and O–H groups in total. The molecule has 1 amide bonds. The lowest BCUT2D eigenvalue weighted by atomic mass is 10.1. The summed E-state index contributed by atoms with van der Waals surface area (Å²) in [5.74, 6) is -3.46. The summed E-state index contributed by atoms with van der Waals surface area (Å²) in [6, 6.07) is 5.92. The van der Waals surface area contributed by atoms with Crippen molar-refractivity contribution in [1.82, 2.24) is 5.32 Å². The van der Waals surface area contributed by atoms with E-state index in [9.17, 15) is 35.9 Å². The molecule has 0 heterocycles. The van der Waals surface area contributed by atoms with Crippen molar-refractivity contribution in [3.63, 3.8) is 0 Å². The first kappa shape index (κ1) is 25.6. The van der Waals surface area contributed by atoms with E-state index in [2.05, 4.69) is 4.74 Å². The molecule has 13 heteroatoms. The van der Waals surface area contributed by atoms with Crippen molar-refractivity contribution in [3.05, 3.63) is 63.6 Å². The zero-order valence-electron chi connectivity index (χ0n) is 16.0. The van der Waals surface area contributed by atoms with E-state index in [1.54, 1.807) is 5.32 Å². The van der Waals surface area contributed by atoms with E-state index in [1.165, 1.54) is 18.3 Å². The van der Waals surface area contributed by atoms with Crippen LogP contribution in [0.4, 0.5) is 32.0 Å². The molecule has 2 aromatic rings. The molecule has 5 nitrogen and oxygen atoms in total. The number of amides is 1. The van der Waals surface area contributed by atoms with Crippen molar-refractivity contribution in [2.75, 3.05) is 11.9 Å². The Balaban J connectivity index is 2.59. The first-order chi connectivity index (χ1) is 14.7. The van der Waals surface area contributed by atoms with Crippen LogP contribution >= 0.6 is 23.2 Å². The Morgan fingerprint density at radius 2 is 1.66 bits per heavy atom. The zero-order valence-corrected chi connectivity index (χ0v) is 17.5. The fraction of sp³-hybridized carbons (Fsp3) is 0.263. The maximum absolute atomic E-state index is 14.2. The Kier molecular flexibility index (Phi) is 7.56. The lowest BCUT2D eigenvalue weighted by Gasteiger charge is -2.35. The summed E-state index contributed by atoms with van der Waals surface area (Å²) in [6.45, 7) is 0.694. The second kappa shape index (κ2) is 9.45. The van der Waals surface area contributed by atoms with E-state index in [4.69, 9.17) is 23.2 Å². The van der Waals surface area contributed by atoms with Crippen LogP contribution in [-0.4, -0.2) is 30.3 Å². The average Bonchev–Trinajstić information content (AvgIpc) is 2.66. The summed E-state index contributed by atoms with van der Waals surface area (Å²) >= 11 is 11.6. The molecule has 174 valence electrons. The number of nitrogens with one attached hydrogen (secondary N) is 2. The molecule has 0 aliphatic carbocycles. The third-order valence-electron chi connectivity index (χ3n) is 4.01. The van der Waals surface area contributed by atoms with Crippen molar-refractivity contribution in [2.24, 2.45) is 0 Å². The summed E-state index contributed by atoms with van der Waals surface area (Å²) < 4.78 is 85.9. The van der Waals surface area contributed by atoms with Gasteiger partial charge >= 0.3 is 24.0 Å². The van der Waals surface area contributed by atoms with Crippen molar-refractivity contribution >= 4 is 40.8 Å². The lowest BCUT2D eigenvalue weighted by molar-refractivity contribution is -0.204. The highest BCUT2D eigenvalue weighted by Crippen LogP contribution is 2.36. The predicted octanol–water partition coefficient (Wildman–Crippen LogP) is 5.68. The fourth-order valence-electron chi connectivity index (χ4n) is 2.53. The number of hydrogen-bond acceptors (Lipinski definition) is 4.